The molecule has 0 spiro atoms. The molecular formula is C23H29N3O3S. The van der Waals surface area contributed by atoms with Gasteiger partial charge in [-0.15, -0.1) is 11.3 Å². The predicted molar refractivity (Wildman–Crippen MR) is 119 cm³/mol. The van der Waals surface area contributed by atoms with E-state index in [1.165, 1.54) is 11.3 Å². The molecule has 30 heavy (non-hydrogen) atoms. The van der Waals surface area contributed by atoms with Crippen molar-refractivity contribution in [3.8, 4) is 0 Å². The highest BCUT2D eigenvalue weighted by Gasteiger charge is 2.29. The second kappa shape index (κ2) is 9.89. The fourth-order valence-electron chi connectivity index (χ4n) is 3.72. The summed E-state index contributed by atoms with van der Waals surface area (Å²) in [6.07, 6.45) is 1.60. The molecule has 1 aromatic carbocycles. The molecule has 0 radical (unpaired) electrons. The van der Waals surface area contributed by atoms with Crippen LogP contribution in [0.25, 0.3) is 0 Å². The van der Waals surface area contributed by atoms with Gasteiger partial charge in [0.1, 0.15) is 0 Å². The molecule has 1 unspecified atom stereocenters. The van der Waals surface area contributed by atoms with Crippen LogP contribution in [-0.2, 0) is 16.1 Å². The summed E-state index contributed by atoms with van der Waals surface area (Å²) in [4.78, 5) is 41.4. The summed E-state index contributed by atoms with van der Waals surface area (Å²) < 4.78 is 0. The molecule has 2 heterocycles. The van der Waals surface area contributed by atoms with E-state index in [2.05, 4.69) is 5.32 Å². The average Bonchev–Trinajstić information content (AvgIpc) is 3.27. The van der Waals surface area contributed by atoms with E-state index in [9.17, 15) is 14.4 Å². The standard InChI is InChI=1S/C23H29N3O3S/c1-16(2)26(17(3)27)14-18-8-10-20(11-9-18)24-22(28)19-6-4-12-25(15-19)23(29)21-7-5-13-30-21/h5,7-11,13,16,19H,4,6,12,14-15H2,1-3H3,(H,24,28). The first kappa shape index (κ1) is 22.0. The third-order valence-corrected chi connectivity index (χ3v) is 6.27. The van der Waals surface area contributed by atoms with Crippen molar-refractivity contribution >= 4 is 34.7 Å². The van der Waals surface area contributed by atoms with Crippen molar-refractivity contribution in [3.63, 3.8) is 0 Å². The lowest BCUT2D eigenvalue weighted by molar-refractivity contribution is -0.131. The normalized spacial score (nSPS) is 16.4. The van der Waals surface area contributed by atoms with Crippen molar-refractivity contribution < 1.29 is 14.4 Å². The minimum Gasteiger partial charge on any atom is -0.337 e. The molecule has 2 aromatic rings. The molecule has 6 nitrogen and oxygen atoms in total. The molecule has 1 fully saturated rings. The number of hydrogen-bond donors (Lipinski definition) is 1. The Morgan fingerprint density at radius 3 is 2.53 bits per heavy atom. The maximum absolute atomic E-state index is 12.8. The molecule has 1 N–H and O–H groups in total. The number of amides is 3. The Kier molecular flexibility index (Phi) is 7.26. The third-order valence-electron chi connectivity index (χ3n) is 5.41. The fraction of sp³-hybridized carbons (Fsp3) is 0.435. The predicted octanol–water partition coefficient (Wildman–Crippen LogP) is 4.00. The van der Waals surface area contributed by atoms with E-state index < -0.39 is 0 Å². The van der Waals surface area contributed by atoms with E-state index in [4.69, 9.17) is 0 Å². The quantitative estimate of drug-likeness (QED) is 0.758. The minimum atomic E-state index is -0.212. The number of piperidine rings is 1. The summed E-state index contributed by atoms with van der Waals surface area (Å²) in [6, 6.07) is 11.4. The van der Waals surface area contributed by atoms with Crippen molar-refractivity contribution in [2.45, 2.75) is 46.2 Å². The monoisotopic (exact) mass is 427 g/mol. The van der Waals surface area contributed by atoms with Crippen LogP contribution in [0.3, 0.4) is 0 Å². The lowest BCUT2D eigenvalue weighted by atomic mass is 9.96. The number of nitrogens with one attached hydrogen (secondary N) is 1. The van der Waals surface area contributed by atoms with E-state index in [-0.39, 0.29) is 29.7 Å². The highest BCUT2D eigenvalue weighted by atomic mass is 32.1. The maximum atomic E-state index is 12.8. The summed E-state index contributed by atoms with van der Waals surface area (Å²) in [6.45, 7) is 7.24. The largest absolute Gasteiger partial charge is 0.337 e. The number of hydrogen-bond acceptors (Lipinski definition) is 4. The first-order valence-electron chi connectivity index (χ1n) is 10.3. The van der Waals surface area contributed by atoms with E-state index >= 15 is 0 Å². The fourth-order valence-corrected chi connectivity index (χ4v) is 4.41. The van der Waals surface area contributed by atoms with Gasteiger partial charge in [-0.2, -0.15) is 0 Å². The third kappa shape index (κ3) is 5.48. The molecule has 1 atom stereocenters. The highest BCUT2D eigenvalue weighted by molar-refractivity contribution is 7.12. The summed E-state index contributed by atoms with van der Waals surface area (Å²) in [5.41, 5.74) is 1.74. The van der Waals surface area contributed by atoms with Crippen LogP contribution in [0.15, 0.2) is 41.8 Å². The zero-order valence-corrected chi connectivity index (χ0v) is 18.6. The lowest BCUT2D eigenvalue weighted by Crippen LogP contribution is -2.43. The molecular weight excluding hydrogens is 398 g/mol. The van der Waals surface area contributed by atoms with Gasteiger partial charge in [0.05, 0.1) is 10.8 Å². The molecule has 7 heteroatoms. The van der Waals surface area contributed by atoms with Gasteiger partial charge >= 0.3 is 0 Å². The Balaban J connectivity index is 1.57. The van der Waals surface area contributed by atoms with Gasteiger partial charge in [-0.3, -0.25) is 14.4 Å². The smallest absolute Gasteiger partial charge is 0.263 e. The van der Waals surface area contributed by atoms with Crippen molar-refractivity contribution in [3.05, 3.63) is 52.2 Å². The molecule has 3 rings (SSSR count). The molecule has 0 saturated carbocycles. The van der Waals surface area contributed by atoms with Gasteiger partial charge in [-0.05, 0) is 55.8 Å². The first-order valence-corrected chi connectivity index (χ1v) is 11.2. The summed E-state index contributed by atoms with van der Waals surface area (Å²) in [7, 11) is 0. The first-order chi connectivity index (χ1) is 14.3. The second-order valence-corrected chi connectivity index (χ2v) is 8.94. The number of carbonyl (C=O) groups excluding carboxylic acids is 3. The number of carbonyl (C=O) groups is 3. The number of nitrogens with zero attached hydrogens (tertiary/aromatic N) is 2. The lowest BCUT2D eigenvalue weighted by Gasteiger charge is -2.31. The Bertz CT molecular complexity index is 878. The van der Waals surface area contributed by atoms with Gasteiger partial charge in [0.25, 0.3) is 5.91 Å². The van der Waals surface area contributed by atoms with Crippen LogP contribution in [0.5, 0.6) is 0 Å². The summed E-state index contributed by atoms with van der Waals surface area (Å²) >= 11 is 1.43. The van der Waals surface area contributed by atoms with Crippen LogP contribution in [0, 0.1) is 5.92 Å². The van der Waals surface area contributed by atoms with Gasteiger partial charge in [-0.1, -0.05) is 18.2 Å². The van der Waals surface area contributed by atoms with E-state index in [1.54, 1.807) is 16.7 Å². The zero-order chi connectivity index (χ0) is 21.7. The SMILES string of the molecule is CC(=O)N(Cc1ccc(NC(=O)C2CCCN(C(=O)c3cccs3)C2)cc1)C(C)C. The molecule has 1 aliphatic heterocycles. The molecule has 1 saturated heterocycles. The van der Waals surface area contributed by atoms with Crippen LogP contribution >= 0.6 is 11.3 Å². The van der Waals surface area contributed by atoms with Crippen LogP contribution in [0.2, 0.25) is 0 Å². The van der Waals surface area contributed by atoms with Crippen molar-refractivity contribution in [1.82, 2.24) is 9.80 Å². The van der Waals surface area contributed by atoms with Crippen molar-refractivity contribution in [2.75, 3.05) is 18.4 Å². The second-order valence-electron chi connectivity index (χ2n) is 7.99. The van der Waals surface area contributed by atoms with Gasteiger partial charge in [0.2, 0.25) is 11.8 Å². The van der Waals surface area contributed by atoms with E-state index in [1.807, 2.05) is 55.6 Å². The van der Waals surface area contributed by atoms with Crippen LogP contribution in [0.1, 0.15) is 48.8 Å². The van der Waals surface area contributed by atoms with Crippen molar-refractivity contribution in [2.24, 2.45) is 5.92 Å². The van der Waals surface area contributed by atoms with Gasteiger partial charge in [-0.25, -0.2) is 0 Å². The van der Waals surface area contributed by atoms with E-state index in [0.29, 0.717) is 24.5 Å². The summed E-state index contributed by atoms with van der Waals surface area (Å²) in [5, 5.41) is 4.87. The van der Waals surface area contributed by atoms with Crippen LogP contribution < -0.4 is 5.32 Å². The van der Waals surface area contributed by atoms with Gasteiger partial charge in [0, 0.05) is 38.3 Å². The molecule has 1 aromatic heterocycles. The Morgan fingerprint density at radius 1 is 1.20 bits per heavy atom. The van der Waals surface area contributed by atoms with Crippen LogP contribution in [0.4, 0.5) is 5.69 Å². The zero-order valence-electron chi connectivity index (χ0n) is 17.8. The molecule has 0 aliphatic carbocycles. The van der Waals surface area contributed by atoms with Gasteiger partial charge < -0.3 is 15.1 Å². The number of benzene rings is 1. The topological polar surface area (TPSA) is 69.7 Å². The molecule has 0 bridgehead atoms. The number of anilines is 1. The Hall–Kier alpha value is -2.67. The Morgan fingerprint density at radius 2 is 1.93 bits per heavy atom. The van der Waals surface area contributed by atoms with E-state index in [0.717, 1.165) is 24.1 Å². The van der Waals surface area contributed by atoms with Crippen LogP contribution in [-0.4, -0.2) is 46.7 Å². The highest BCUT2D eigenvalue weighted by Crippen LogP contribution is 2.22. The number of likely N-dealkylation sites (tertiary alicyclic amines) is 1. The average molecular weight is 428 g/mol. The molecule has 1 aliphatic rings. The molecule has 160 valence electrons. The minimum absolute atomic E-state index is 0.00651. The van der Waals surface area contributed by atoms with Crippen molar-refractivity contribution in [1.29, 1.82) is 0 Å². The molecule has 3 amide bonds. The van der Waals surface area contributed by atoms with Gasteiger partial charge in [0.15, 0.2) is 0 Å². The summed E-state index contributed by atoms with van der Waals surface area (Å²) in [5.74, 6) is -0.219. The number of thiophene rings is 1. The Labute approximate surface area is 181 Å². The number of rotatable bonds is 6. The maximum Gasteiger partial charge on any atom is 0.263 e.